The highest BCUT2D eigenvalue weighted by Gasteiger charge is 2.39. The molecule has 6 nitrogen and oxygen atoms in total. The monoisotopic (exact) mass is 316 g/mol. The molecule has 0 aliphatic rings. The fourth-order valence-electron chi connectivity index (χ4n) is 1.87. The molecule has 1 rings (SSSR count). The first-order valence-corrected chi connectivity index (χ1v) is 8.17. The van der Waals surface area contributed by atoms with Gasteiger partial charge in [0.1, 0.15) is 6.10 Å². The highest BCUT2D eigenvalue weighted by molar-refractivity contribution is 7.92. The SMILES string of the molecule is CCC[C@H](O)[C@@H](O)[C@@H](OC(C)=O)S(=O)(=O)c1ccccc1. The van der Waals surface area contributed by atoms with Gasteiger partial charge in [-0.25, -0.2) is 8.42 Å². The second-order valence-electron chi connectivity index (χ2n) is 4.68. The van der Waals surface area contributed by atoms with Crippen LogP contribution in [0.15, 0.2) is 35.2 Å². The highest BCUT2D eigenvalue weighted by Crippen LogP contribution is 2.22. The first-order chi connectivity index (χ1) is 9.80. The van der Waals surface area contributed by atoms with Gasteiger partial charge in [0.15, 0.2) is 0 Å². The molecule has 0 amide bonds. The molecular weight excluding hydrogens is 296 g/mol. The van der Waals surface area contributed by atoms with Gasteiger partial charge in [-0.1, -0.05) is 31.5 Å². The van der Waals surface area contributed by atoms with Crippen molar-refractivity contribution < 1.29 is 28.2 Å². The van der Waals surface area contributed by atoms with E-state index >= 15 is 0 Å². The lowest BCUT2D eigenvalue weighted by atomic mass is 10.1. The third-order valence-electron chi connectivity index (χ3n) is 2.92. The normalized spacial score (nSPS) is 16.0. The maximum atomic E-state index is 12.5. The number of ether oxygens (including phenoxy) is 1. The van der Waals surface area contributed by atoms with E-state index in [1.807, 2.05) is 0 Å². The molecule has 3 atom stereocenters. The van der Waals surface area contributed by atoms with Crippen LogP contribution >= 0.6 is 0 Å². The summed E-state index contributed by atoms with van der Waals surface area (Å²) in [5.74, 6) is -0.845. The molecule has 0 heterocycles. The molecule has 0 bridgehead atoms. The summed E-state index contributed by atoms with van der Waals surface area (Å²) in [6, 6.07) is 7.36. The van der Waals surface area contributed by atoms with E-state index in [4.69, 9.17) is 4.74 Å². The summed E-state index contributed by atoms with van der Waals surface area (Å²) < 4.78 is 29.7. The Bertz CT molecular complexity index is 554. The van der Waals surface area contributed by atoms with Gasteiger partial charge in [0.25, 0.3) is 0 Å². The molecule has 0 spiro atoms. The van der Waals surface area contributed by atoms with Crippen molar-refractivity contribution in [2.75, 3.05) is 0 Å². The minimum Gasteiger partial charge on any atom is -0.443 e. The second kappa shape index (κ2) is 7.53. The molecule has 0 unspecified atom stereocenters. The molecule has 0 aliphatic carbocycles. The van der Waals surface area contributed by atoms with Gasteiger partial charge in [0.05, 0.1) is 11.0 Å². The van der Waals surface area contributed by atoms with Crippen molar-refractivity contribution in [3.63, 3.8) is 0 Å². The third kappa shape index (κ3) is 4.52. The second-order valence-corrected chi connectivity index (χ2v) is 6.71. The summed E-state index contributed by atoms with van der Waals surface area (Å²) in [5, 5.41) is 19.9. The average Bonchev–Trinajstić information content (AvgIpc) is 2.45. The van der Waals surface area contributed by atoms with Crippen LogP contribution in [0.25, 0.3) is 0 Å². The smallest absolute Gasteiger partial charge is 0.304 e. The van der Waals surface area contributed by atoms with E-state index in [1.165, 1.54) is 24.3 Å². The minimum absolute atomic E-state index is 0.0843. The van der Waals surface area contributed by atoms with Crippen molar-refractivity contribution >= 4 is 15.8 Å². The predicted octanol–water partition coefficient (Wildman–Crippen LogP) is 0.871. The molecular formula is C14H20O6S. The molecule has 0 aromatic heterocycles. The quantitative estimate of drug-likeness (QED) is 0.724. The maximum absolute atomic E-state index is 12.5. The molecule has 0 fully saturated rings. The Morgan fingerprint density at radius 3 is 2.29 bits per heavy atom. The van der Waals surface area contributed by atoms with Gasteiger partial charge in [-0.3, -0.25) is 4.79 Å². The topological polar surface area (TPSA) is 101 Å². The van der Waals surface area contributed by atoms with Crippen LogP contribution in [0, 0.1) is 0 Å². The molecule has 1 aromatic carbocycles. The fourth-order valence-corrected chi connectivity index (χ4v) is 3.49. The van der Waals surface area contributed by atoms with Crippen LogP contribution in [0.2, 0.25) is 0 Å². The Hall–Kier alpha value is -1.44. The van der Waals surface area contributed by atoms with E-state index in [0.717, 1.165) is 6.92 Å². The fraction of sp³-hybridized carbons (Fsp3) is 0.500. The Kier molecular flexibility index (Phi) is 6.32. The lowest BCUT2D eigenvalue weighted by Crippen LogP contribution is -2.44. The predicted molar refractivity (Wildman–Crippen MR) is 76.1 cm³/mol. The number of benzene rings is 1. The zero-order chi connectivity index (χ0) is 16.0. The number of aliphatic hydroxyl groups is 2. The average molecular weight is 316 g/mol. The van der Waals surface area contributed by atoms with E-state index in [0.29, 0.717) is 6.42 Å². The van der Waals surface area contributed by atoms with E-state index in [2.05, 4.69) is 0 Å². The van der Waals surface area contributed by atoms with Crippen molar-refractivity contribution in [1.29, 1.82) is 0 Å². The standard InChI is InChI=1S/C14H20O6S/c1-3-7-12(16)13(17)14(20-10(2)15)21(18,19)11-8-5-4-6-9-11/h4-6,8-9,12-14,16-17H,3,7H2,1-2H3/t12-,13+,14-/m0/s1. The summed E-state index contributed by atoms with van der Waals surface area (Å²) in [6.07, 6.45) is -2.25. The number of carbonyl (C=O) groups excluding carboxylic acids is 1. The maximum Gasteiger partial charge on any atom is 0.304 e. The van der Waals surface area contributed by atoms with Gasteiger partial charge in [-0.15, -0.1) is 0 Å². The number of esters is 1. The molecule has 7 heteroatoms. The molecule has 0 aliphatic heterocycles. The van der Waals surface area contributed by atoms with Crippen molar-refractivity contribution in [1.82, 2.24) is 0 Å². The summed E-state index contributed by atoms with van der Waals surface area (Å²) in [5.41, 5.74) is -1.83. The van der Waals surface area contributed by atoms with Gasteiger partial charge in [0.2, 0.25) is 15.3 Å². The van der Waals surface area contributed by atoms with Gasteiger partial charge in [0, 0.05) is 6.92 Å². The van der Waals surface area contributed by atoms with Gasteiger partial charge >= 0.3 is 5.97 Å². The van der Waals surface area contributed by atoms with Crippen molar-refractivity contribution in [2.45, 2.75) is 49.2 Å². The summed E-state index contributed by atoms with van der Waals surface area (Å²) in [7, 11) is -4.11. The van der Waals surface area contributed by atoms with Crippen molar-refractivity contribution in [3.8, 4) is 0 Å². The lowest BCUT2D eigenvalue weighted by Gasteiger charge is -2.26. The van der Waals surface area contributed by atoms with E-state index in [1.54, 1.807) is 13.0 Å². The van der Waals surface area contributed by atoms with E-state index in [-0.39, 0.29) is 11.3 Å². The summed E-state index contributed by atoms with van der Waals surface area (Å²) in [4.78, 5) is 11.1. The number of carbonyl (C=O) groups is 1. The van der Waals surface area contributed by atoms with Crippen LogP contribution in [0.1, 0.15) is 26.7 Å². The summed E-state index contributed by atoms with van der Waals surface area (Å²) >= 11 is 0. The summed E-state index contributed by atoms with van der Waals surface area (Å²) in [6.45, 7) is 2.83. The molecule has 0 radical (unpaired) electrons. The number of hydrogen-bond acceptors (Lipinski definition) is 6. The molecule has 1 aromatic rings. The van der Waals surface area contributed by atoms with Crippen molar-refractivity contribution in [3.05, 3.63) is 30.3 Å². The first kappa shape index (κ1) is 17.6. The van der Waals surface area contributed by atoms with E-state index in [9.17, 15) is 23.4 Å². The molecule has 0 saturated carbocycles. The Balaban J connectivity index is 3.16. The zero-order valence-electron chi connectivity index (χ0n) is 12.0. The molecule has 118 valence electrons. The number of sulfone groups is 1. The van der Waals surface area contributed by atoms with Crippen LogP contribution in [-0.2, 0) is 19.4 Å². The third-order valence-corrected chi connectivity index (χ3v) is 4.83. The Morgan fingerprint density at radius 1 is 1.24 bits per heavy atom. The minimum atomic E-state index is -4.11. The zero-order valence-corrected chi connectivity index (χ0v) is 12.8. The largest absolute Gasteiger partial charge is 0.443 e. The van der Waals surface area contributed by atoms with Crippen molar-refractivity contribution in [2.24, 2.45) is 0 Å². The van der Waals surface area contributed by atoms with Gasteiger partial charge in [-0.05, 0) is 18.6 Å². The van der Waals surface area contributed by atoms with Crippen LogP contribution in [0.3, 0.4) is 0 Å². The molecule has 0 saturated heterocycles. The highest BCUT2D eigenvalue weighted by atomic mass is 32.2. The van der Waals surface area contributed by atoms with E-state index < -0.39 is 33.5 Å². The van der Waals surface area contributed by atoms with Gasteiger partial charge < -0.3 is 14.9 Å². The van der Waals surface area contributed by atoms with Crippen LogP contribution in [0.4, 0.5) is 0 Å². The Morgan fingerprint density at radius 2 is 1.81 bits per heavy atom. The van der Waals surface area contributed by atoms with Gasteiger partial charge in [-0.2, -0.15) is 0 Å². The van der Waals surface area contributed by atoms with Crippen LogP contribution in [0.5, 0.6) is 0 Å². The Labute approximate surface area is 124 Å². The number of rotatable bonds is 7. The first-order valence-electron chi connectivity index (χ1n) is 6.63. The van der Waals surface area contributed by atoms with Crippen LogP contribution in [-0.4, -0.2) is 42.2 Å². The molecule has 21 heavy (non-hydrogen) atoms. The number of aliphatic hydroxyl groups excluding tert-OH is 2. The van der Waals surface area contributed by atoms with Crippen LogP contribution < -0.4 is 0 Å². The molecule has 2 N–H and O–H groups in total. The number of hydrogen-bond donors (Lipinski definition) is 2. The lowest BCUT2D eigenvalue weighted by molar-refractivity contribution is -0.149.